The van der Waals surface area contributed by atoms with Gasteiger partial charge in [-0.2, -0.15) is 15.1 Å². The predicted molar refractivity (Wildman–Crippen MR) is 72.7 cm³/mol. The van der Waals surface area contributed by atoms with Gasteiger partial charge in [0.05, 0.1) is 18.1 Å². The summed E-state index contributed by atoms with van der Waals surface area (Å²) in [5.74, 6) is 0.770. The van der Waals surface area contributed by atoms with Crippen LogP contribution in [-0.4, -0.2) is 58.2 Å². The van der Waals surface area contributed by atoms with E-state index in [9.17, 15) is 4.79 Å². The van der Waals surface area contributed by atoms with E-state index in [1.807, 2.05) is 11.8 Å². The van der Waals surface area contributed by atoms with Crippen molar-refractivity contribution in [2.75, 3.05) is 37.8 Å². The van der Waals surface area contributed by atoms with Crippen molar-refractivity contribution in [2.45, 2.75) is 6.92 Å². The maximum Gasteiger partial charge on any atom is 0.241 e. The summed E-state index contributed by atoms with van der Waals surface area (Å²) in [6, 6.07) is 0. The van der Waals surface area contributed by atoms with Crippen molar-refractivity contribution >= 4 is 28.7 Å². The molecule has 0 radical (unpaired) electrons. The molecule has 3 N–H and O–H groups in total. The molecule has 8 nitrogen and oxygen atoms in total. The maximum absolute atomic E-state index is 11.8. The molecule has 0 saturated heterocycles. The molecular weight excluding hydrogens is 246 g/mol. The van der Waals surface area contributed by atoms with Gasteiger partial charge in [0.1, 0.15) is 5.82 Å². The summed E-state index contributed by atoms with van der Waals surface area (Å²) in [5.41, 5.74) is 6.24. The number of carbonyl (C=O) groups is 1. The van der Waals surface area contributed by atoms with Crippen molar-refractivity contribution in [3.05, 3.63) is 6.20 Å². The molecule has 102 valence electrons. The largest absolute Gasteiger partial charge is 0.368 e. The van der Waals surface area contributed by atoms with Gasteiger partial charge >= 0.3 is 0 Å². The Bertz CT molecular complexity index is 592. The Morgan fingerprint density at radius 2 is 2.16 bits per heavy atom. The zero-order valence-electron chi connectivity index (χ0n) is 11.2. The number of nitrogens with zero attached hydrogens (tertiary/aromatic N) is 5. The number of hydrogen-bond donors (Lipinski definition) is 2. The first-order valence-corrected chi connectivity index (χ1v) is 5.94. The number of nitrogens with two attached hydrogens (primary N) is 1. The van der Waals surface area contributed by atoms with Crippen molar-refractivity contribution in [3.8, 4) is 0 Å². The van der Waals surface area contributed by atoms with Gasteiger partial charge in [-0.25, -0.2) is 0 Å². The number of rotatable bonds is 4. The number of amides is 1. The fourth-order valence-electron chi connectivity index (χ4n) is 1.72. The van der Waals surface area contributed by atoms with E-state index in [2.05, 4.69) is 20.2 Å². The third kappa shape index (κ3) is 2.56. The second-order valence-corrected chi connectivity index (χ2v) is 4.34. The number of aromatic amines is 1. The quantitative estimate of drug-likeness (QED) is 0.795. The molecule has 0 saturated carbocycles. The van der Waals surface area contributed by atoms with Gasteiger partial charge in [0, 0.05) is 20.6 Å². The van der Waals surface area contributed by atoms with Crippen LogP contribution in [0.1, 0.15) is 6.92 Å². The minimum Gasteiger partial charge on any atom is -0.368 e. The van der Waals surface area contributed by atoms with Crippen LogP contribution in [0.3, 0.4) is 0 Å². The van der Waals surface area contributed by atoms with Crippen LogP contribution in [0.2, 0.25) is 0 Å². The molecule has 1 amide bonds. The Morgan fingerprint density at radius 3 is 2.79 bits per heavy atom. The van der Waals surface area contributed by atoms with Gasteiger partial charge in [0.15, 0.2) is 5.65 Å². The lowest BCUT2D eigenvalue weighted by Gasteiger charge is -2.23. The van der Waals surface area contributed by atoms with Crippen molar-refractivity contribution in [1.82, 2.24) is 25.1 Å². The molecule has 0 spiro atoms. The first-order valence-electron chi connectivity index (χ1n) is 5.94. The monoisotopic (exact) mass is 263 g/mol. The van der Waals surface area contributed by atoms with Crippen LogP contribution in [0.5, 0.6) is 0 Å². The normalized spacial score (nSPS) is 10.7. The van der Waals surface area contributed by atoms with E-state index in [-0.39, 0.29) is 18.4 Å². The van der Waals surface area contributed by atoms with Gasteiger partial charge < -0.3 is 15.5 Å². The number of anilines is 2. The molecule has 2 heterocycles. The SMILES string of the molecule is CCN(CC(=O)N(C)C)c1nc(N)nc2[nH]ncc12. The second-order valence-electron chi connectivity index (χ2n) is 4.34. The van der Waals surface area contributed by atoms with Crippen molar-refractivity contribution < 1.29 is 4.79 Å². The third-order valence-corrected chi connectivity index (χ3v) is 2.81. The number of hydrogen-bond acceptors (Lipinski definition) is 6. The Hall–Kier alpha value is -2.38. The van der Waals surface area contributed by atoms with Crippen LogP contribution >= 0.6 is 0 Å². The smallest absolute Gasteiger partial charge is 0.241 e. The fourth-order valence-corrected chi connectivity index (χ4v) is 1.72. The Kier molecular flexibility index (Phi) is 3.50. The van der Waals surface area contributed by atoms with Gasteiger partial charge in [0.25, 0.3) is 0 Å². The molecule has 2 aromatic heterocycles. The molecule has 0 atom stereocenters. The molecule has 8 heteroatoms. The minimum absolute atomic E-state index is 0.00400. The molecule has 0 aliphatic carbocycles. The van der Waals surface area contributed by atoms with Crippen LogP contribution in [-0.2, 0) is 4.79 Å². The molecular formula is C11H17N7O. The Morgan fingerprint density at radius 1 is 1.42 bits per heavy atom. The van der Waals surface area contributed by atoms with Crippen molar-refractivity contribution in [1.29, 1.82) is 0 Å². The van der Waals surface area contributed by atoms with Crippen molar-refractivity contribution in [2.24, 2.45) is 0 Å². The molecule has 0 unspecified atom stereocenters. The summed E-state index contributed by atoms with van der Waals surface area (Å²) in [6.07, 6.45) is 1.63. The van der Waals surface area contributed by atoms with E-state index < -0.39 is 0 Å². The average molecular weight is 263 g/mol. The lowest BCUT2D eigenvalue weighted by molar-refractivity contribution is -0.127. The van der Waals surface area contributed by atoms with Gasteiger partial charge in [0.2, 0.25) is 11.9 Å². The van der Waals surface area contributed by atoms with Gasteiger partial charge in [-0.3, -0.25) is 9.89 Å². The summed E-state index contributed by atoms with van der Waals surface area (Å²) in [5, 5.41) is 7.43. The molecule has 0 aromatic carbocycles. The van der Waals surface area contributed by atoms with E-state index >= 15 is 0 Å². The van der Waals surface area contributed by atoms with E-state index in [0.29, 0.717) is 18.0 Å². The molecule has 0 aliphatic rings. The highest BCUT2D eigenvalue weighted by Crippen LogP contribution is 2.22. The summed E-state index contributed by atoms with van der Waals surface area (Å²) >= 11 is 0. The van der Waals surface area contributed by atoms with Gasteiger partial charge in [-0.15, -0.1) is 0 Å². The first-order chi connectivity index (χ1) is 9.02. The Balaban J connectivity index is 2.40. The van der Waals surface area contributed by atoms with E-state index in [1.54, 1.807) is 25.2 Å². The molecule has 0 bridgehead atoms. The minimum atomic E-state index is -0.00400. The molecule has 19 heavy (non-hydrogen) atoms. The number of fused-ring (bicyclic) bond motifs is 1. The van der Waals surface area contributed by atoms with Crippen LogP contribution in [0.15, 0.2) is 6.20 Å². The summed E-state index contributed by atoms with van der Waals surface area (Å²) in [7, 11) is 3.44. The summed E-state index contributed by atoms with van der Waals surface area (Å²) in [6.45, 7) is 2.82. The molecule has 2 aromatic rings. The zero-order chi connectivity index (χ0) is 14.0. The van der Waals surface area contributed by atoms with Gasteiger partial charge in [-0.1, -0.05) is 0 Å². The van der Waals surface area contributed by atoms with Crippen LogP contribution in [0.4, 0.5) is 11.8 Å². The standard InChI is InChI=1S/C11H17N7O/c1-4-18(6-8(19)17(2)3)10-7-5-13-16-9(7)14-11(12)15-10/h5H,4,6H2,1-3H3,(H3,12,13,14,15,16). The summed E-state index contributed by atoms with van der Waals surface area (Å²) < 4.78 is 0. The highest BCUT2D eigenvalue weighted by molar-refractivity contribution is 5.90. The fraction of sp³-hybridized carbons (Fsp3) is 0.455. The highest BCUT2D eigenvalue weighted by Gasteiger charge is 2.17. The zero-order valence-corrected chi connectivity index (χ0v) is 11.2. The molecule has 0 aliphatic heterocycles. The number of likely N-dealkylation sites (N-methyl/N-ethyl adjacent to an activating group) is 2. The summed E-state index contributed by atoms with van der Waals surface area (Å²) in [4.78, 5) is 23.5. The molecule has 2 rings (SSSR count). The second kappa shape index (κ2) is 5.09. The predicted octanol–water partition coefficient (Wildman–Crippen LogP) is -0.150. The number of aromatic nitrogens is 4. The number of nitrogen functional groups attached to an aromatic ring is 1. The van der Waals surface area contributed by atoms with E-state index in [0.717, 1.165) is 5.39 Å². The number of H-pyrrole nitrogens is 1. The van der Waals surface area contributed by atoms with E-state index in [1.165, 1.54) is 0 Å². The lowest BCUT2D eigenvalue weighted by atomic mass is 10.3. The van der Waals surface area contributed by atoms with Crippen LogP contribution in [0.25, 0.3) is 11.0 Å². The maximum atomic E-state index is 11.8. The first kappa shape index (κ1) is 13.1. The molecule has 0 fully saturated rings. The van der Waals surface area contributed by atoms with E-state index in [4.69, 9.17) is 5.73 Å². The van der Waals surface area contributed by atoms with Gasteiger partial charge in [-0.05, 0) is 6.92 Å². The van der Waals surface area contributed by atoms with Crippen molar-refractivity contribution in [3.63, 3.8) is 0 Å². The third-order valence-electron chi connectivity index (χ3n) is 2.81. The highest BCUT2D eigenvalue weighted by atomic mass is 16.2. The number of carbonyl (C=O) groups excluding carboxylic acids is 1. The average Bonchev–Trinajstić information content (AvgIpc) is 2.82. The number of nitrogens with one attached hydrogen (secondary N) is 1. The lowest BCUT2D eigenvalue weighted by Crippen LogP contribution is -2.37. The Labute approximate surface area is 110 Å². The van der Waals surface area contributed by atoms with Crippen LogP contribution in [0, 0.1) is 0 Å². The van der Waals surface area contributed by atoms with Crippen LogP contribution < -0.4 is 10.6 Å². The topological polar surface area (TPSA) is 104 Å².